The van der Waals surface area contributed by atoms with Crippen LogP contribution in [0.5, 0.6) is 11.5 Å². The molecule has 1 fully saturated rings. The molecule has 0 bridgehead atoms. The summed E-state index contributed by atoms with van der Waals surface area (Å²) in [5.41, 5.74) is 3.81. The molecule has 0 unspecified atom stereocenters. The molecule has 0 spiro atoms. The summed E-state index contributed by atoms with van der Waals surface area (Å²) in [7, 11) is 3.19. The van der Waals surface area contributed by atoms with Gasteiger partial charge in [-0.05, 0) is 55.5 Å². The third-order valence-corrected chi connectivity index (χ3v) is 7.56. The number of piperazine rings is 1. The molecule has 5 rings (SSSR count). The predicted molar refractivity (Wildman–Crippen MR) is 156 cm³/mol. The van der Waals surface area contributed by atoms with Crippen molar-refractivity contribution < 1.29 is 23.8 Å². The van der Waals surface area contributed by atoms with Crippen molar-refractivity contribution in [1.82, 2.24) is 9.47 Å². The lowest BCUT2D eigenvalue weighted by Crippen LogP contribution is -2.47. The monoisotopic (exact) mass is 541 g/mol. The largest absolute Gasteiger partial charge is 0.497 e. The number of rotatable bonds is 10. The third-order valence-electron chi connectivity index (χ3n) is 7.56. The number of hydrogen-bond acceptors (Lipinski definition) is 7. The van der Waals surface area contributed by atoms with Gasteiger partial charge in [0.25, 0.3) is 0 Å². The van der Waals surface area contributed by atoms with E-state index in [9.17, 15) is 9.59 Å². The van der Waals surface area contributed by atoms with Crippen molar-refractivity contribution in [2.75, 3.05) is 58.5 Å². The standard InChI is InChI=1S/C32H35N3O5/c1-23-31(32(37)24-9-11-26(38-2)12-10-24)28-14-13-27(39-3)21-29(28)35(23)22-30(36)40-20-19-33-15-17-34(18-16-33)25-7-5-4-6-8-25/h4-14,21H,15-20,22H2,1-3H3. The number of benzene rings is 3. The number of anilines is 1. The van der Waals surface area contributed by atoms with Crippen LogP contribution in [-0.4, -0.2) is 74.8 Å². The maximum Gasteiger partial charge on any atom is 0.326 e. The summed E-state index contributed by atoms with van der Waals surface area (Å²) in [6.45, 7) is 6.61. The van der Waals surface area contributed by atoms with Crippen LogP contribution in [0.3, 0.4) is 0 Å². The highest BCUT2D eigenvalue weighted by atomic mass is 16.5. The number of aromatic nitrogens is 1. The second kappa shape index (κ2) is 12.3. The fourth-order valence-electron chi connectivity index (χ4n) is 5.29. The van der Waals surface area contributed by atoms with Crippen LogP contribution in [0.4, 0.5) is 5.69 Å². The Bertz CT molecular complexity index is 1470. The first-order valence-corrected chi connectivity index (χ1v) is 13.5. The SMILES string of the molecule is COc1ccc(C(=O)c2c(C)n(CC(=O)OCCN3CCN(c4ccccc4)CC3)c3cc(OC)ccc23)cc1. The van der Waals surface area contributed by atoms with Crippen LogP contribution in [-0.2, 0) is 16.1 Å². The van der Waals surface area contributed by atoms with E-state index in [1.54, 1.807) is 38.5 Å². The number of carbonyl (C=O) groups excluding carboxylic acids is 2. The summed E-state index contributed by atoms with van der Waals surface area (Å²) < 4.78 is 18.2. The van der Waals surface area contributed by atoms with Gasteiger partial charge >= 0.3 is 5.97 Å². The molecular formula is C32H35N3O5. The Morgan fingerprint density at radius 3 is 2.17 bits per heavy atom. The van der Waals surface area contributed by atoms with Crippen molar-refractivity contribution in [3.63, 3.8) is 0 Å². The fourth-order valence-corrected chi connectivity index (χ4v) is 5.29. The predicted octanol–water partition coefficient (Wildman–Crippen LogP) is 4.56. The maximum absolute atomic E-state index is 13.6. The maximum atomic E-state index is 13.6. The van der Waals surface area contributed by atoms with E-state index in [1.165, 1.54) is 5.69 Å². The van der Waals surface area contributed by atoms with E-state index in [1.807, 2.05) is 35.8 Å². The molecule has 0 aliphatic carbocycles. The van der Waals surface area contributed by atoms with E-state index in [0.717, 1.165) is 37.1 Å². The van der Waals surface area contributed by atoms with Gasteiger partial charge < -0.3 is 23.7 Å². The van der Waals surface area contributed by atoms with Crippen molar-refractivity contribution in [2.24, 2.45) is 0 Å². The molecule has 4 aromatic rings. The number of esters is 1. The van der Waals surface area contributed by atoms with E-state index in [2.05, 4.69) is 34.1 Å². The van der Waals surface area contributed by atoms with E-state index >= 15 is 0 Å². The lowest BCUT2D eigenvalue weighted by Gasteiger charge is -2.35. The summed E-state index contributed by atoms with van der Waals surface area (Å²) in [5, 5.41) is 0.767. The topological polar surface area (TPSA) is 73.2 Å². The highest BCUT2D eigenvalue weighted by Crippen LogP contribution is 2.31. The third kappa shape index (κ3) is 5.82. The number of nitrogens with zero attached hydrogens (tertiary/aromatic N) is 3. The van der Waals surface area contributed by atoms with Crippen LogP contribution in [0.1, 0.15) is 21.6 Å². The second-order valence-corrected chi connectivity index (χ2v) is 9.87. The molecule has 8 heteroatoms. The van der Waals surface area contributed by atoms with Crippen molar-refractivity contribution in [1.29, 1.82) is 0 Å². The number of hydrogen-bond donors (Lipinski definition) is 0. The zero-order chi connectivity index (χ0) is 28.1. The Balaban J connectivity index is 1.25. The first-order valence-electron chi connectivity index (χ1n) is 13.5. The number of para-hydroxylation sites is 1. The van der Waals surface area contributed by atoms with Gasteiger partial charge in [0, 0.05) is 61.1 Å². The second-order valence-electron chi connectivity index (χ2n) is 9.87. The van der Waals surface area contributed by atoms with Crippen LogP contribution in [0.25, 0.3) is 10.9 Å². The van der Waals surface area contributed by atoms with Gasteiger partial charge in [-0.25, -0.2) is 0 Å². The normalized spacial score (nSPS) is 13.8. The highest BCUT2D eigenvalue weighted by molar-refractivity contribution is 6.17. The van der Waals surface area contributed by atoms with Gasteiger partial charge in [0.15, 0.2) is 5.78 Å². The average molecular weight is 542 g/mol. The van der Waals surface area contributed by atoms with Crippen LogP contribution >= 0.6 is 0 Å². The minimum absolute atomic E-state index is 0.00712. The number of ketones is 1. The molecule has 0 radical (unpaired) electrons. The average Bonchev–Trinajstić information content (AvgIpc) is 3.27. The molecule has 0 saturated carbocycles. The number of fused-ring (bicyclic) bond motifs is 1. The van der Waals surface area contributed by atoms with Crippen molar-refractivity contribution in [3.8, 4) is 11.5 Å². The van der Waals surface area contributed by atoms with E-state index in [-0.39, 0.29) is 18.3 Å². The summed E-state index contributed by atoms with van der Waals surface area (Å²) in [5.74, 6) is 0.880. The molecule has 0 amide bonds. The van der Waals surface area contributed by atoms with Gasteiger partial charge in [0.1, 0.15) is 24.7 Å². The van der Waals surface area contributed by atoms with E-state index in [0.29, 0.717) is 41.5 Å². The minimum atomic E-state index is -0.339. The Hall–Kier alpha value is -4.30. The van der Waals surface area contributed by atoms with Gasteiger partial charge in [0.05, 0.1) is 25.3 Å². The van der Waals surface area contributed by atoms with Gasteiger partial charge in [-0.2, -0.15) is 0 Å². The van der Waals surface area contributed by atoms with Gasteiger partial charge in [0.2, 0.25) is 0 Å². The molecule has 1 aromatic heterocycles. The molecule has 8 nitrogen and oxygen atoms in total. The van der Waals surface area contributed by atoms with Crippen molar-refractivity contribution in [2.45, 2.75) is 13.5 Å². The Morgan fingerprint density at radius 2 is 1.50 bits per heavy atom. The van der Waals surface area contributed by atoms with Crippen molar-refractivity contribution >= 4 is 28.3 Å². The van der Waals surface area contributed by atoms with Gasteiger partial charge in [-0.3, -0.25) is 14.5 Å². The Labute approximate surface area is 234 Å². The zero-order valence-corrected chi connectivity index (χ0v) is 23.3. The number of methoxy groups -OCH3 is 2. The molecule has 1 aliphatic rings. The summed E-state index contributed by atoms with van der Waals surface area (Å²) in [6, 6.07) is 23.0. The lowest BCUT2D eigenvalue weighted by atomic mass is 10.0. The van der Waals surface area contributed by atoms with Crippen LogP contribution in [0, 0.1) is 6.92 Å². The quantitative estimate of drug-likeness (QED) is 0.215. The molecule has 1 aliphatic heterocycles. The first kappa shape index (κ1) is 27.3. The Kier molecular flexibility index (Phi) is 8.36. The van der Waals surface area contributed by atoms with E-state index in [4.69, 9.17) is 14.2 Å². The van der Waals surface area contributed by atoms with Gasteiger partial charge in [-0.15, -0.1) is 0 Å². The molecule has 0 atom stereocenters. The van der Waals surface area contributed by atoms with Crippen molar-refractivity contribution in [3.05, 3.63) is 89.6 Å². The Morgan fingerprint density at radius 1 is 0.825 bits per heavy atom. The molecule has 2 heterocycles. The fraction of sp³-hybridized carbons (Fsp3) is 0.312. The molecule has 208 valence electrons. The van der Waals surface area contributed by atoms with Crippen LogP contribution in [0.15, 0.2) is 72.8 Å². The smallest absolute Gasteiger partial charge is 0.326 e. The van der Waals surface area contributed by atoms with E-state index < -0.39 is 0 Å². The molecular weight excluding hydrogens is 506 g/mol. The highest BCUT2D eigenvalue weighted by Gasteiger charge is 2.23. The number of ether oxygens (including phenoxy) is 3. The summed E-state index contributed by atoms with van der Waals surface area (Å²) in [4.78, 5) is 31.2. The zero-order valence-electron chi connectivity index (χ0n) is 23.3. The summed E-state index contributed by atoms with van der Waals surface area (Å²) in [6.07, 6.45) is 0. The lowest BCUT2D eigenvalue weighted by molar-refractivity contribution is -0.144. The van der Waals surface area contributed by atoms with Crippen LogP contribution in [0.2, 0.25) is 0 Å². The molecule has 1 saturated heterocycles. The molecule has 0 N–H and O–H groups in total. The number of carbonyl (C=O) groups is 2. The first-order chi connectivity index (χ1) is 19.5. The minimum Gasteiger partial charge on any atom is -0.497 e. The molecule has 40 heavy (non-hydrogen) atoms. The van der Waals surface area contributed by atoms with Gasteiger partial charge in [-0.1, -0.05) is 18.2 Å². The molecule has 3 aromatic carbocycles. The summed E-state index contributed by atoms with van der Waals surface area (Å²) >= 11 is 0. The van der Waals surface area contributed by atoms with Crippen LogP contribution < -0.4 is 14.4 Å².